The maximum Gasteiger partial charge on any atom is 0.344 e. The third-order valence-corrected chi connectivity index (χ3v) is 2.56. The number of esters is 1. The van der Waals surface area contributed by atoms with Crippen molar-refractivity contribution in [3.8, 4) is 11.8 Å². The Morgan fingerprint density at radius 1 is 1.42 bits per heavy atom. The number of nitriles is 1. The molecule has 1 aromatic rings. The number of para-hydroxylation sites is 2. The van der Waals surface area contributed by atoms with E-state index in [0.29, 0.717) is 17.9 Å². The molecular weight excluding hydrogens is 244 g/mol. The van der Waals surface area contributed by atoms with Crippen LogP contribution in [0.2, 0.25) is 0 Å². The summed E-state index contributed by atoms with van der Waals surface area (Å²) in [6, 6.07) is 9.07. The first-order valence-electron chi connectivity index (χ1n) is 5.99. The predicted molar refractivity (Wildman–Crippen MR) is 71.3 cm³/mol. The normalized spacial score (nSPS) is 10.6. The van der Waals surface area contributed by atoms with Gasteiger partial charge in [0.05, 0.1) is 23.8 Å². The average molecular weight is 262 g/mol. The van der Waals surface area contributed by atoms with E-state index >= 15 is 0 Å². The Balaban J connectivity index is 2.30. The van der Waals surface area contributed by atoms with Crippen LogP contribution in [-0.4, -0.2) is 19.2 Å². The first kappa shape index (κ1) is 14.8. The first-order valence-corrected chi connectivity index (χ1v) is 5.99. The third kappa shape index (κ3) is 5.30. The van der Waals surface area contributed by atoms with Gasteiger partial charge in [-0.15, -0.1) is 0 Å². The monoisotopic (exact) mass is 262 g/mol. The van der Waals surface area contributed by atoms with Crippen LogP contribution in [0.3, 0.4) is 0 Å². The van der Waals surface area contributed by atoms with Crippen molar-refractivity contribution < 1.29 is 14.3 Å². The smallest absolute Gasteiger partial charge is 0.344 e. The Hall–Kier alpha value is -2.22. The number of carbonyl (C=O) groups excluding carboxylic acids is 1. The largest absolute Gasteiger partial charge is 0.480 e. The molecule has 0 saturated heterocycles. The van der Waals surface area contributed by atoms with Gasteiger partial charge in [-0.05, 0) is 32.4 Å². The minimum absolute atomic E-state index is 0.193. The van der Waals surface area contributed by atoms with Crippen LogP contribution in [0.4, 0.5) is 5.69 Å². The third-order valence-electron chi connectivity index (χ3n) is 2.56. The lowest BCUT2D eigenvalue weighted by molar-refractivity contribution is -0.146. The van der Waals surface area contributed by atoms with Crippen molar-refractivity contribution >= 4 is 11.7 Å². The molecule has 0 spiro atoms. The second kappa shape index (κ2) is 6.64. The van der Waals surface area contributed by atoms with Gasteiger partial charge in [0.1, 0.15) is 5.75 Å². The summed E-state index contributed by atoms with van der Waals surface area (Å²) >= 11 is 0. The van der Waals surface area contributed by atoms with Crippen molar-refractivity contribution in [1.29, 1.82) is 5.26 Å². The summed E-state index contributed by atoms with van der Waals surface area (Å²) in [4.78, 5) is 11.4. The number of nitrogen functional groups attached to an aromatic ring is 1. The van der Waals surface area contributed by atoms with Crippen molar-refractivity contribution in [2.24, 2.45) is 5.41 Å². The zero-order chi connectivity index (χ0) is 14.3. The predicted octanol–water partition coefficient (Wildman–Crippen LogP) is 2.13. The highest BCUT2D eigenvalue weighted by Gasteiger charge is 2.17. The van der Waals surface area contributed by atoms with Crippen LogP contribution in [0.25, 0.3) is 0 Å². The van der Waals surface area contributed by atoms with Crippen molar-refractivity contribution in [3.05, 3.63) is 24.3 Å². The Kier molecular flexibility index (Phi) is 5.19. The van der Waals surface area contributed by atoms with Gasteiger partial charge in [-0.3, -0.25) is 0 Å². The van der Waals surface area contributed by atoms with Crippen LogP contribution in [0, 0.1) is 16.7 Å². The molecule has 0 radical (unpaired) electrons. The Labute approximate surface area is 112 Å². The highest BCUT2D eigenvalue weighted by Crippen LogP contribution is 2.20. The lowest BCUT2D eigenvalue weighted by Crippen LogP contribution is -2.19. The molecule has 0 unspecified atom stereocenters. The van der Waals surface area contributed by atoms with Crippen molar-refractivity contribution in [2.75, 3.05) is 18.9 Å². The van der Waals surface area contributed by atoms with Crippen LogP contribution in [-0.2, 0) is 9.53 Å². The summed E-state index contributed by atoms with van der Waals surface area (Å²) in [5, 5.41) is 8.81. The molecule has 0 amide bonds. The van der Waals surface area contributed by atoms with E-state index < -0.39 is 11.4 Å². The molecule has 0 aliphatic rings. The van der Waals surface area contributed by atoms with Crippen molar-refractivity contribution in [1.82, 2.24) is 0 Å². The second-order valence-electron chi connectivity index (χ2n) is 4.79. The summed E-state index contributed by atoms with van der Waals surface area (Å²) < 4.78 is 10.2. The van der Waals surface area contributed by atoms with Crippen LogP contribution < -0.4 is 10.5 Å². The molecule has 0 atom stereocenters. The topological polar surface area (TPSA) is 85.3 Å². The lowest BCUT2D eigenvalue weighted by Gasteiger charge is -2.14. The highest BCUT2D eigenvalue weighted by molar-refractivity contribution is 5.71. The van der Waals surface area contributed by atoms with E-state index in [2.05, 4.69) is 6.07 Å². The Morgan fingerprint density at radius 2 is 2.11 bits per heavy atom. The summed E-state index contributed by atoms with van der Waals surface area (Å²) in [6.45, 7) is 3.60. The van der Waals surface area contributed by atoms with Crippen molar-refractivity contribution in [3.63, 3.8) is 0 Å². The molecule has 0 saturated carbocycles. The standard InChI is InChI=1S/C14H18N2O3/c1-14(2,10-15)7-8-18-13(17)9-19-12-6-4-3-5-11(12)16/h3-6H,7-9,16H2,1-2H3. The van der Waals surface area contributed by atoms with Gasteiger partial charge in [-0.1, -0.05) is 12.1 Å². The molecular formula is C14H18N2O3. The fourth-order valence-corrected chi connectivity index (χ4v) is 1.27. The first-order chi connectivity index (χ1) is 8.94. The molecule has 5 heteroatoms. The number of benzene rings is 1. The summed E-state index contributed by atoms with van der Waals surface area (Å²) in [6.07, 6.45) is 0.489. The molecule has 102 valence electrons. The second-order valence-corrected chi connectivity index (χ2v) is 4.79. The number of ether oxygens (including phenoxy) is 2. The number of rotatable bonds is 6. The van der Waals surface area contributed by atoms with Crippen LogP contribution in [0.5, 0.6) is 5.75 Å². The van der Waals surface area contributed by atoms with Crippen LogP contribution in [0.1, 0.15) is 20.3 Å². The fraction of sp³-hybridized carbons (Fsp3) is 0.429. The van der Waals surface area contributed by atoms with Crippen LogP contribution >= 0.6 is 0 Å². The van der Waals surface area contributed by atoms with E-state index in [1.165, 1.54) is 0 Å². The number of hydrogen-bond acceptors (Lipinski definition) is 5. The number of anilines is 1. The van der Waals surface area contributed by atoms with E-state index in [0.717, 1.165) is 0 Å². The molecule has 0 aliphatic heterocycles. The van der Waals surface area contributed by atoms with Gasteiger partial charge in [0, 0.05) is 0 Å². The zero-order valence-corrected chi connectivity index (χ0v) is 11.2. The van der Waals surface area contributed by atoms with Gasteiger partial charge in [-0.25, -0.2) is 4.79 Å². The van der Waals surface area contributed by atoms with Crippen molar-refractivity contribution in [2.45, 2.75) is 20.3 Å². The van der Waals surface area contributed by atoms with Crippen LogP contribution in [0.15, 0.2) is 24.3 Å². The molecule has 0 aliphatic carbocycles. The molecule has 1 rings (SSSR count). The zero-order valence-electron chi connectivity index (χ0n) is 11.2. The quantitative estimate of drug-likeness (QED) is 0.627. The fourth-order valence-electron chi connectivity index (χ4n) is 1.27. The van der Waals surface area contributed by atoms with E-state index in [9.17, 15) is 4.79 Å². The molecule has 0 aromatic heterocycles. The molecule has 5 nitrogen and oxygen atoms in total. The average Bonchev–Trinajstić information content (AvgIpc) is 2.37. The molecule has 1 aromatic carbocycles. The van der Waals surface area contributed by atoms with E-state index in [1.54, 1.807) is 38.1 Å². The molecule has 2 N–H and O–H groups in total. The van der Waals surface area contributed by atoms with Gasteiger partial charge in [0.2, 0.25) is 0 Å². The minimum Gasteiger partial charge on any atom is -0.480 e. The lowest BCUT2D eigenvalue weighted by atomic mass is 9.92. The summed E-state index contributed by atoms with van der Waals surface area (Å²) in [7, 11) is 0. The summed E-state index contributed by atoms with van der Waals surface area (Å²) in [5.41, 5.74) is 5.65. The van der Waals surface area contributed by atoms with Gasteiger partial charge in [0.25, 0.3) is 0 Å². The van der Waals surface area contributed by atoms with Gasteiger partial charge >= 0.3 is 5.97 Å². The molecule has 0 heterocycles. The Morgan fingerprint density at radius 3 is 2.74 bits per heavy atom. The highest BCUT2D eigenvalue weighted by atomic mass is 16.6. The van der Waals surface area contributed by atoms with Gasteiger partial charge in [-0.2, -0.15) is 5.26 Å². The maximum absolute atomic E-state index is 11.4. The van der Waals surface area contributed by atoms with Gasteiger partial charge < -0.3 is 15.2 Å². The number of hydrogen-bond donors (Lipinski definition) is 1. The van der Waals surface area contributed by atoms with E-state index in [4.69, 9.17) is 20.5 Å². The Bertz CT molecular complexity index is 478. The van der Waals surface area contributed by atoms with Gasteiger partial charge in [0.15, 0.2) is 6.61 Å². The minimum atomic E-state index is -0.495. The SMILES string of the molecule is CC(C)(C#N)CCOC(=O)COc1ccccc1N. The molecule has 0 bridgehead atoms. The van der Waals surface area contributed by atoms with E-state index in [-0.39, 0.29) is 13.2 Å². The molecule has 19 heavy (non-hydrogen) atoms. The molecule has 0 fully saturated rings. The number of carbonyl (C=O) groups is 1. The number of nitrogens with two attached hydrogens (primary N) is 1. The van der Waals surface area contributed by atoms with E-state index in [1.807, 2.05) is 0 Å². The summed E-state index contributed by atoms with van der Waals surface area (Å²) in [5.74, 6) is -0.0196. The maximum atomic E-state index is 11.4. The number of nitrogens with zero attached hydrogens (tertiary/aromatic N) is 1.